The Kier molecular flexibility index (Phi) is 6.92. The third-order valence-electron chi connectivity index (χ3n) is 5.58. The van der Waals surface area contributed by atoms with Crippen LogP contribution in [0, 0.1) is 0 Å². The molecule has 2 aromatic heterocycles. The molecule has 1 aromatic carbocycles. The molecule has 0 saturated carbocycles. The van der Waals surface area contributed by atoms with E-state index >= 15 is 0 Å². The third-order valence-corrected chi connectivity index (χ3v) is 6.76. The van der Waals surface area contributed by atoms with Gasteiger partial charge < -0.3 is 10.6 Å². The predicted octanol–water partition coefficient (Wildman–Crippen LogP) is 3.84. The van der Waals surface area contributed by atoms with E-state index in [-0.39, 0.29) is 11.9 Å². The maximum Gasteiger partial charge on any atom is 0.221 e. The summed E-state index contributed by atoms with van der Waals surface area (Å²) < 4.78 is 0. The van der Waals surface area contributed by atoms with Gasteiger partial charge in [-0.15, -0.1) is 11.3 Å². The van der Waals surface area contributed by atoms with Crippen molar-refractivity contribution in [3.63, 3.8) is 0 Å². The Hall–Kier alpha value is -2.51. The SMILES string of the molecule is CCc1cc2c(NCCC(=O)NC3CCN(Cc4ccccc4)CC3)ncnc2s1. The molecule has 1 saturated heterocycles. The summed E-state index contributed by atoms with van der Waals surface area (Å²) in [7, 11) is 0. The highest BCUT2D eigenvalue weighted by Gasteiger charge is 2.20. The van der Waals surface area contributed by atoms with E-state index in [1.807, 2.05) is 0 Å². The molecule has 2 N–H and O–H groups in total. The van der Waals surface area contributed by atoms with E-state index in [9.17, 15) is 4.79 Å². The highest BCUT2D eigenvalue weighted by atomic mass is 32.1. The maximum atomic E-state index is 12.4. The van der Waals surface area contributed by atoms with Crippen LogP contribution in [0.2, 0.25) is 0 Å². The number of carbonyl (C=O) groups excluding carboxylic acids is 1. The number of carbonyl (C=O) groups is 1. The topological polar surface area (TPSA) is 70.2 Å². The molecule has 3 aromatic rings. The number of aryl methyl sites for hydroxylation is 1. The number of rotatable bonds is 8. The van der Waals surface area contributed by atoms with Crippen LogP contribution in [0.3, 0.4) is 0 Å². The Morgan fingerprint density at radius 1 is 1.20 bits per heavy atom. The van der Waals surface area contributed by atoms with Gasteiger partial charge in [-0.25, -0.2) is 9.97 Å². The van der Waals surface area contributed by atoms with Crippen LogP contribution in [0.4, 0.5) is 5.82 Å². The number of anilines is 1. The van der Waals surface area contributed by atoms with Crippen molar-refractivity contribution in [3.8, 4) is 0 Å². The van der Waals surface area contributed by atoms with Crippen molar-refractivity contribution in [3.05, 3.63) is 53.2 Å². The number of thiophene rings is 1. The van der Waals surface area contributed by atoms with E-state index in [0.717, 1.165) is 54.9 Å². The minimum absolute atomic E-state index is 0.105. The molecule has 7 heteroatoms. The van der Waals surface area contributed by atoms with Gasteiger partial charge in [0, 0.05) is 43.5 Å². The number of benzene rings is 1. The summed E-state index contributed by atoms with van der Waals surface area (Å²) in [6.45, 7) is 5.74. The van der Waals surface area contributed by atoms with Crippen LogP contribution in [-0.4, -0.2) is 46.5 Å². The lowest BCUT2D eigenvalue weighted by atomic mass is 10.0. The third kappa shape index (κ3) is 5.34. The second-order valence-electron chi connectivity index (χ2n) is 7.79. The van der Waals surface area contributed by atoms with Gasteiger partial charge in [0.15, 0.2) is 0 Å². The Morgan fingerprint density at radius 3 is 2.77 bits per heavy atom. The molecule has 6 nitrogen and oxygen atoms in total. The van der Waals surface area contributed by atoms with Gasteiger partial charge >= 0.3 is 0 Å². The smallest absolute Gasteiger partial charge is 0.221 e. The highest BCUT2D eigenvalue weighted by Crippen LogP contribution is 2.28. The van der Waals surface area contributed by atoms with Gasteiger partial charge in [0.1, 0.15) is 17.0 Å². The summed E-state index contributed by atoms with van der Waals surface area (Å²) in [5.74, 6) is 0.923. The zero-order valence-electron chi connectivity index (χ0n) is 17.4. The van der Waals surface area contributed by atoms with E-state index in [1.54, 1.807) is 17.7 Å². The molecular formula is C23H29N5OS. The molecule has 158 valence electrons. The minimum Gasteiger partial charge on any atom is -0.369 e. The summed E-state index contributed by atoms with van der Waals surface area (Å²) >= 11 is 1.70. The Balaban J connectivity index is 1.19. The number of piperidine rings is 1. The second-order valence-corrected chi connectivity index (χ2v) is 8.90. The van der Waals surface area contributed by atoms with Gasteiger partial charge in [0.25, 0.3) is 0 Å². The van der Waals surface area contributed by atoms with Crippen LogP contribution >= 0.6 is 11.3 Å². The van der Waals surface area contributed by atoms with E-state index in [1.165, 1.54) is 10.4 Å². The number of nitrogens with one attached hydrogen (secondary N) is 2. The number of amides is 1. The summed E-state index contributed by atoms with van der Waals surface area (Å²) in [6.07, 6.45) is 5.04. The van der Waals surface area contributed by atoms with Crippen molar-refractivity contribution in [1.82, 2.24) is 20.2 Å². The van der Waals surface area contributed by atoms with E-state index < -0.39 is 0 Å². The van der Waals surface area contributed by atoms with Crippen molar-refractivity contribution in [2.45, 2.75) is 45.2 Å². The first-order valence-electron chi connectivity index (χ1n) is 10.7. The van der Waals surface area contributed by atoms with Gasteiger partial charge in [-0.1, -0.05) is 37.3 Å². The normalized spacial score (nSPS) is 15.4. The molecule has 1 aliphatic rings. The molecule has 1 aliphatic heterocycles. The molecule has 1 fully saturated rings. The molecule has 3 heterocycles. The van der Waals surface area contributed by atoms with Gasteiger partial charge in [0.05, 0.1) is 5.39 Å². The van der Waals surface area contributed by atoms with Crippen LogP contribution in [-0.2, 0) is 17.8 Å². The molecule has 0 spiro atoms. The number of likely N-dealkylation sites (tertiary alicyclic amines) is 1. The Morgan fingerprint density at radius 2 is 2.00 bits per heavy atom. The van der Waals surface area contributed by atoms with Crippen molar-refractivity contribution in [2.24, 2.45) is 0 Å². The minimum atomic E-state index is 0.105. The highest BCUT2D eigenvalue weighted by molar-refractivity contribution is 7.18. The van der Waals surface area contributed by atoms with Gasteiger partial charge in [0.2, 0.25) is 5.91 Å². The van der Waals surface area contributed by atoms with Crippen molar-refractivity contribution in [2.75, 3.05) is 25.0 Å². The van der Waals surface area contributed by atoms with Crippen molar-refractivity contribution in [1.29, 1.82) is 0 Å². The summed E-state index contributed by atoms with van der Waals surface area (Å²) in [5.41, 5.74) is 1.35. The Bertz CT molecular complexity index is 966. The summed E-state index contributed by atoms with van der Waals surface area (Å²) in [6, 6.07) is 13.0. The lowest BCUT2D eigenvalue weighted by molar-refractivity contribution is -0.121. The quantitative estimate of drug-likeness (QED) is 0.576. The number of aromatic nitrogens is 2. The predicted molar refractivity (Wildman–Crippen MR) is 123 cm³/mol. The maximum absolute atomic E-state index is 12.4. The molecule has 0 bridgehead atoms. The molecule has 0 radical (unpaired) electrons. The van der Waals surface area contributed by atoms with Crippen LogP contribution in [0.1, 0.15) is 36.6 Å². The number of hydrogen-bond donors (Lipinski definition) is 2. The van der Waals surface area contributed by atoms with E-state index in [4.69, 9.17) is 0 Å². The van der Waals surface area contributed by atoms with Crippen molar-refractivity contribution < 1.29 is 4.79 Å². The van der Waals surface area contributed by atoms with E-state index in [0.29, 0.717) is 13.0 Å². The Labute approximate surface area is 181 Å². The number of nitrogens with zero attached hydrogens (tertiary/aromatic N) is 3. The summed E-state index contributed by atoms with van der Waals surface area (Å²) in [5, 5.41) is 7.56. The van der Waals surface area contributed by atoms with Gasteiger partial charge in [-0.2, -0.15) is 0 Å². The van der Waals surface area contributed by atoms with Crippen LogP contribution in [0.5, 0.6) is 0 Å². The standard InChI is InChI=1S/C23H29N5OS/c1-2-19-14-20-22(25-16-26-23(20)30-19)24-11-8-21(29)27-18-9-12-28(13-10-18)15-17-6-4-3-5-7-17/h3-7,14,16,18H,2,8-13,15H2,1H3,(H,27,29)(H,24,25,26). The molecule has 30 heavy (non-hydrogen) atoms. The van der Waals surface area contributed by atoms with Crippen LogP contribution in [0.15, 0.2) is 42.7 Å². The molecule has 0 unspecified atom stereocenters. The molecular weight excluding hydrogens is 394 g/mol. The van der Waals surface area contributed by atoms with Crippen molar-refractivity contribution >= 4 is 33.3 Å². The fraction of sp³-hybridized carbons (Fsp3) is 0.435. The van der Waals surface area contributed by atoms with E-state index in [2.05, 4.69) is 68.8 Å². The average molecular weight is 424 g/mol. The first kappa shape index (κ1) is 20.8. The lowest BCUT2D eigenvalue weighted by Gasteiger charge is -2.32. The first-order valence-corrected chi connectivity index (χ1v) is 11.6. The molecule has 1 amide bonds. The fourth-order valence-corrected chi connectivity index (χ4v) is 4.83. The van der Waals surface area contributed by atoms with Gasteiger partial charge in [-0.3, -0.25) is 9.69 Å². The van der Waals surface area contributed by atoms with Crippen LogP contribution in [0.25, 0.3) is 10.2 Å². The second kappa shape index (κ2) is 10.00. The summed E-state index contributed by atoms with van der Waals surface area (Å²) in [4.78, 5) is 25.9. The van der Waals surface area contributed by atoms with Gasteiger partial charge in [-0.05, 0) is 30.9 Å². The fourth-order valence-electron chi connectivity index (χ4n) is 3.89. The zero-order chi connectivity index (χ0) is 20.8. The lowest BCUT2D eigenvalue weighted by Crippen LogP contribution is -2.44. The zero-order valence-corrected chi connectivity index (χ0v) is 18.3. The molecule has 0 atom stereocenters. The molecule has 4 rings (SSSR count). The first-order chi connectivity index (χ1) is 14.7. The van der Waals surface area contributed by atoms with Crippen LogP contribution < -0.4 is 10.6 Å². The number of hydrogen-bond acceptors (Lipinski definition) is 6. The monoisotopic (exact) mass is 423 g/mol. The largest absolute Gasteiger partial charge is 0.369 e. The molecule has 0 aliphatic carbocycles. The number of fused-ring (bicyclic) bond motifs is 1. The average Bonchev–Trinajstić information content (AvgIpc) is 3.20.